The number of anilines is 1. The third kappa shape index (κ3) is 4.40. The van der Waals surface area contributed by atoms with Crippen LogP contribution in [0.5, 0.6) is 0 Å². The summed E-state index contributed by atoms with van der Waals surface area (Å²) >= 11 is 0. The smallest absolute Gasteiger partial charge is 0.222 e. The number of aromatic nitrogens is 4. The molecule has 3 heterocycles. The van der Waals surface area contributed by atoms with E-state index >= 15 is 0 Å². The number of hydrogen-bond donors (Lipinski definition) is 0. The van der Waals surface area contributed by atoms with Crippen LogP contribution in [0.25, 0.3) is 16.7 Å². The first kappa shape index (κ1) is 21.3. The highest BCUT2D eigenvalue weighted by Gasteiger charge is 2.24. The quantitative estimate of drug-likeness (QED) is 0.642. The predicted octanol–water partition coefficient (Wildman–Crippen LogP) is 3.83. The summed E-state index contributed by atoms with van der Waals surface area (Å²) in [5.74, 6) is 2.29. The lowest BCUT2D eigenvalue weighted by molar-refractivity contribution is -0.131. The van der Waals surface area contributed by atoms with E-state index in [2.05, 4.69) is 49.9 Å². The first-order valence-corrected chi connectivity index (χ1v) is 11.2. The van der Waals surface area contributed by atoms with Crippen molar-refractivity contribution in [3.63, 3.8) is 0 Å². The SMILES string of the molecule is Cc1ccc(-n2nc(C)c3c(N4CCCN(C(=O)CC(C)C)CC4)nc(C)nc32)cc1. The fourth-order valence-corrected chi connectivity index (χ4v) is 4.22. The van der Waals surface area contributed by atoms with Crippen LogP contribution in [0.4, 0.5) is 5.82 Å². The van der Waals surface area contributed by atoms with E-state index in [9.17, 15) is 4.79 Å². The van der Waals surface area contributed by atoms with E-state index in [1.54, 1.807) is 0 Å². The maximum atomic E-state index is 12.6. The van der Waals surface area contributed by atoms with E-state index in [0.717, 1.165) is 66.7 Å². The van der Waals surface area contributed by atoms with E-state index in [-0.39, 0.29) is 5.91 Å². The lowest BCUT2D eigenvalue weighted by Gasteiger charge is -2.24. The van der Waals surface area contributed by atoms with E-state index < -0.39 is 0 Å². The molecule has 164 valence electrons. The zero-order chi connectivity index (χ0) is 22.1. The van der Waals surface area contributed by atoms with Crippen molar-refractivity contribution in [3.05, 3.63) is 41.3 Å². The average molecular weight is 421 g/mol. The van der Waals surface area contributed by atoms with Crippen molar-refractivity contribution >= 4 is 22.8 Å². The van der Waals surface area contributed by atoms with E-state index in [0.29, 0.717) is 12.3 Å². The molecule has 0 saturated carbocycles. The second kappa shape index (κ2) is 8.65. The number of amides is 1. The number of benzene rings is 1. The number of aryl methyl sites for hydroxylation is 3. The number of fused-ring (bicyclic) bond motifs is 1. The molecule has 0 bridgehead atoms. The molecule has 0 spiro atoms. The number of carbonyl (C=O) groups is 1. The van der Waals surface area contributed by atoms with Crippen molar-refractivity contribution in [2.75, 3.05) is 31.1 Å². The van der Waals surface area contributed by atoms with Crippen molar-refractivity contribution in [1.82, 2.24) is 24.6 Å². The molecule has 1 aromatic carbocycles. The lowest BCUT2D eigenvalue weighted by atomic mass is 10.1. The van der Waals surface area contributed by atoms with Gasteiger partial charge in [0.1, 0.15) is 11.6 Å². The van der Waals surface area contributed by atoms with Crippen molar-refractivity contribution in [2.45, 2.75) is 47.5 Å². The van der Waals surface area contributed by atoms with Gasteiger partial charge in [0, 0.05) is 32.6 Å². The molecule has 31 heavy (non-hydrogen) atoms. The summed E-state index contributed by atoms with van der Waals surface area (Å²) in [5.41, 5.74) is 3.96. The largest absolute Gasteiger partial charge is 0.354 e. The van der Waals surface area contributed by atoms with Gasteiger partial charge in [-0.3, -0.25) is 4.79 Å². The van der Waals surface area contributed by atoms with Crippen LogP contribution < -0.4 is 4.90 Å². The Morgan fingerprint density at radius 1 is 1.00 bits per heavy atom. The zero-order valence-electron chi connectivity index (χ0n) is 19.2. The van der Waals surface area contributed by atoms with Gasteiger partial charge in [-0.2, -0.15) is 5.10 Å². The fourth-order valence-electron chi connectivity index (χ4n) is 4.22. The molecule has 0 unspecified atom stereocenters. The van der Waals surface area contributed by atoms with Crippen molar-refractivity contribution < 1.29 is 4.79 Å². The fraction of sp³-hybridized carbons (Fsp3) is 0.500. The molecule has 0 N–H and O–H groups in total. The second-order valence-corrected chi connectivity index (χ2v) is 8.95. The summed E-state index contributed by atoms with van der Waals surface area (Å²) in [6.45, 7) is 13.4. The number of carbonyl (C=O) groups excluding carboxylic acids is 1. The minimum Gasteiger partial charge on any atom is -0.354 e. The molecule has 1 fully saturated rings. The normalized spacial score (nSPS) is 15.0. The van der Waals surface area contributed by atoms with Gasteiger partial charge in [0.25, 0.3) is 0 Å². The van der Waals surface area contributed by atoms with Gasteiger partial charge in [0.2, 0.25) is 5.91 Å². The summed E-state index contributed by atoms with van der Waals surface area (Å²) in [6.07, 6.45) is 1.54. The van der Waals surface area contributed by atoms with Gasteiger partial charge in [-0.25, -0.2) is 14.6 Å². The molecule has 0 radical (unpaired) electrons. The van der Waals surface area contributed by atoms with Crippen LogP contribution in [0, 0.1) is 26.7 Å². The lowest BCUT2D eigenvalue weighted by Crippen LogP contribution is -2.36. The van der Waals surface area contributed by atoms with Crippen LogP contribution in [0.3, 0.4) is 0 Å². The third-order valence-corrected chi connectivity index (χ3v) is 5.80. The first-order chi connectivity index (χ1) is 14.8. The molecule has 7 heteroatoms. The predicted molar refractivity (Wildman–Crippen MR) is 124 cm³/mol. The van der Waals surface area contributed by atoms with Gasteiger partial charge in [0.15, 0.2) is 5.65 Å². The third-order valence-electron chi connectivity index (χ3n) is 5.80. The summed E-state index contributed by atoms with van der Waals surface area (Å²) in [7, 11) is 0. The van der Waals surface area contributed by atoms with Crippen LogP contribution in [-0.4, -0.2) is 56.7 Å². The van der Waals surface area contributed by atoms with Gasteiger partial charge >= 0.3 is 0 Å². The standard InChI is InChI=1S/C24H32N6O/c1-16(2)15-21(31)28-11-6-12-29(14-13-28)23-22-18(4)27-30(24(22)26-19(5)25-23)20-9-7-17(3)8-10-20/h7-10,16H,6,11-15H2,1-5H3. The Labute approximate surface area is 184 Å². The van der Waals surface area contributed by atoms with Crippen molar-refractivity contribution in [3.8, 4) is 5.69 Å². The Morgan fingerprint density at radius 3 is 2.45 bits per heavy atom. The minimum absolute atomic E-state index is 0.254. The molecule has 7 nitrogen and oxygen atoms in total. The van der Waals surface area contributed by atoms with E-state index in [4.69, 9.17) is 15.1 Å². The Hall–Kier alpha value is -2.96. The Kier molecular flexibility index (Phi) is 5.94. The first-order valence-electron chi connectivity index (χ1n) is 11.2. The highest BCUT2D eigenvalue weighted by Crippen LogP contribution is 2.29. The van der Waals surface area contributed by atoms with Crippen molar-refractivity contribution in [1.29, 1.82) is 0 Å². The summed E-state index contributed by atoms with van der Waals surface area (Å²) < 4.78 is 1.92. The Bertz CT molecular complexity index is 1090. The van der Waals surface area contributed by atoms with Crippen LogP contribution in [-0.2, 0) is 4.79 Å². The minimum atomic E-state index is 0.254. The van der Waals surface area contributed by atoms with Gasteiger partial charge in [-0.1, -0.05) is 31.5 Å². The molecule has 1 saturated heterocycles. The van der Waals surface area contributed by atoms with Crippen molar-refractivity contribution in [2.24, 2.45) is 5.92 Å². The highest BCUT2D eigenvalue weighted by atomic mass is 16.2. The van der Waals surface area contributed by atoms with Crippen LogP contribution in [0.2, 0.25) is 0 Å². The summed E-state index contributed by atoms with van der Waals surface area (Å²) in [5, 5.41) is 5.80. The average Bonchev–Trinajstić information content (AvgIpc) is 2.90. The monoisotopic (exact) mass is 420 g/mol. The van der Waals surface area contributed by atoms with Crippen LogP contribution >= 0.6 is 0 Å². The van der Waals surface area contributed by atoms with Crippen LogP contribution in [0.1, 0.15) is 43.8 Å². The molecule has 0 atom stereocenters. The maximum Gasteiger partial charge on any atom is 0.222 e. The molecule has 1 aliphatic rings. The molecule has 3 aromatic rings. The van der Waals surface area contributed by atoms with E-state index in [1.807, 2.05) is 23.4 Å². The molecule has 4 rings (SSSR count). The van der Waals surface area contributed by atoms with Crippen LogP contribution in [0.15, 0.2) is 24.3 Å². The Morgan fingerprint density at radius 2 is 1.74 bits per heavy atom. The molecular weight excluding hydrogens is 388 g/mol. The molecule has 2 aromatic heterocycles. The number of hydrogen-bond acceptors (Lipinski definition) is 5. The molecule has 1 amide bonds. The highest BCUT2D eigenvalue weighted by molar-refractivity contribution is 5.91. The molecule has 1 aliphatic heterocycles. The van der Waals surface area contributed by atoms with Gasteiger partial charge in [-0.15, -0.1) is 0 Å². The summed E-state index contributed by atoms with van der Waals surface area (Å²) in [6, 6.07) is 8.32. The number of rotatable bonds is 4. The van der Waals surface area contributed by atoms with Gasteiger partial charge in [-0.05, 0) is 45.2 Å². The number of nitrogens with zero attached hydrogens (tertiary/aromatic N) is 6. The molecular formula is C24H32N6O. The summed E-state index contributed by atoms with van der Waals surface area (Å²) in [4.78, 5) is 26.5. The molecule has 0 aliphatic carbocycles. The van der Waals surface area contributed by atoms with Gasteiger partial charge < -0.3 is 9.80 Å². The van der Waals surface area contributed by atoms with E-state index in [1.165, 1.54) is 5.56 Å². The second-order valence-electron chi connectivity index (χ2n) is 8.95. The topological polar surface area (TPSA) is 67.2 Å². The zero-order valence-corrected chi connectivity index (χ0v) is 19.2. The Balaban J connectivity index is 1.68. The maximum absolute atomic E-state index is 12.6. The van der Waals surface area contributed by atoms with Gasteiger partial charge in [0.05, 0.1) is 16.8 Å².